The van der Waals surface area contributed by atoms with Gasteiger partial charge in [-0.05, 0) is 64.8 Å². The number of carbonyl (C=O) groups is 2. The highest BCUT2D eigenvalue weighted by Gasteiger charge is 2.27. The number of carbonyl (C=O) groups excluding carboxylic acids is 2. The van der Waals surface area contributed by atoms with Crippen LogP contribution in [0.3, 0.4) is 0 Å². The monoisotopic (exact) mass is 306 g/mol. The van der Waals surface area contributed by atoms with E-state index in [9.17, 15) is 9.59 Å². The van der Waals surface area contributed by atoms with E-state index >= 15 is 0 Å². The largest absolute Gasteiger partial charge is 0.456 e. The van der Waals surface area contributed by atoms with Crippen LogP contribution >= 0.6 is 0 Å². The summed E-state index contributed by atoms with van der Waals surface area (Å²) < 4.78 is 10.8. The summed E-state index contributed by atoms with van der Waals surface area (Å²) in [6, 6.07) is 6.43. The van der Waals surface area contributed by atoms with E-state index in [0.717, 1.165) is 6.42 Å². The Morgan fingerprint density at radius 3 is 1.95 bits per heavy atom. The first-order valence-corrected chi connectivity index (χ1v) is 7.67. The van der Waals surface area contributed by atoms with Gasteiger partial charge in [-0.25, -0.2) is 4.79 Å². The highest BCUT2D eigenvalue weighted by atomic mass is 16.6. The van der Waals surface area contributed by atoms with Crippen LogP contribution in [0.4, 0.5) is 0 Å². The second kappa shape index (κ2) is 6.95. The number of esters is 2. The predicted octanol–water partition coefficient (Wildman–Crippen LogP) is 4.37. The molecule has 0 bridgehead atoms. The fourth-order valence-corrected chi connectivity index (χ4v) is 1.43. The molecule has 22 heavy (non-hydrogen) atoms. The zero-order chi connectivity index (χ0) is 17.0. The Hall–Kier alpha value is -1.84. The first-order chi connectivity index (χ1) is 10.1. The molecule has 0 spiro atoms. The standard InChI is InChI=1S/C18H26O4/c1-7-17(3,4)16(20)21-14-11-9-13(10-12-14)15(19)22-18(5,6)8-2/h9-12H,7-8H2,1-6H3. The molecular formula is C18H26O4. The third-order valence-corrected chi connectivity index (χ3v) is 3.96. The van der Waals surface area contributed by atoms with Crippen LogP contribution in [0.5, 0.6) is 5.75 Å². The molecule has 0 aromatic heterocycles. The molecule has 0 N–H and O–H groups in total. The van der Waals surface area contributed by atoms with E-state index in [1.54, 1.807) is 24.3 Å². The maximum absolute atomic E-state index is 12.0. The second-order valence-corrected chi connectivity index (χ2v) is 6.65. The summed E-state index contributed by atoms with van der Waals surface area (Å²) in [6.45, 7) is 11.3. The molecule has 1 aromatic carbocycles. The van der Waals surface area contributed by atoms with E-state index in [1.807, 2.05) is 41.5 Å². The Morgan fingerprint density at radius 1 is 0.955 bits per heavy atom. The molecule has 0 amide bonds. The minimum atomic E-state index is -0.525. The Bertz CT molecular complexity index is 527. The van der Waals surface area contributed by atoms with Crippen LogP contribution in [0, 0.1) is 5.41 Å². The second-order valence-electron chi connectivity index (χ2n) is 6.65. The van der Waals surface area contributed by atoms with Gasteiger partial charge in [0.15, 0.2) is 0 Å². The fourth-order valence-electron chi connectivity index (χ4n) is 1.43. The summed E-state index contributed by atoms with van der Waals surface area (Å²) in [5, 5.41) is 0. The van der Waals surface area contributed by atoms with E-state index < -0.39 is 11.0 Å². The average molecular weight is 306 g/mol. The van der Waals surface area contributed by atoms with Crippen molar-refractivity contribution in [2.75, 3.05) is 0 Å². The topological polar surface area (TPSA) is 52.6 Å². The lowest BCUT2D eigenvalue weighted by Gasteiger charge is -2.23. The Balaban J connectivity index is 2.75. The van der Waals surface area contributed by atoms with E-state index in [-0.39, 0.29) is 11.9 Å². The number of benzene rings is 1. The lowest BCUT2D eigenvalue weighted by Crippen LogP contribution is -2.28. The third kappa shape index (κ3) is 4.86. The molecule has 0 aliphatic rings. The zero-order valence-electron chi connectivity index (χ0n) is 14.4. The van der Waals surface area contributed by atoms with Crippen molar-refractivity contribution >= 4 is 11.9 Å². The Morgan fingerprint density at radius 2 is 1.50 bits per heavy atom. The molecule has 4 nitrogen and oxygen atoms in total. The van der Waals surface area contributed by atoms with Crippen molar-refractivity contribution in [1.82, 2.24) is 0 Å². The first-order valence-electron chi connectivity index (χ1n) is 7.67. The summed E-state index contributed by atoms with van der Waals surface area (Å²) in [4.78, 5) is 24.0. The van der Waals surface area contributed by atoms with E-state index in [4.69, 9.17) is 9.47 Å². The van der Waals surface area contributed by atoms with Gasteiger partial charge in [-0.2, -0.15) is 0 Å². The predicted molar refractivity (Wildman–Crippen MR) is 85.9 cm³/mol. The summed E-state index contributed by atoms with van der Waals surface area (Å²) in [5.41, 5.74) is -0.577. The molecule has 122 valence electrons. The van der Waals surface area contributed by atoms with Crippen molar-refractivity contribution in [2.45, 2.75) is 60.0 Å². The molecule has 0 radical (unpaired) electrons. The van der Waals surface area contributed by atoms with E-state index in [2.05, 4.69) is 0 Å². The van der Waals surface area contributed by atoms with Crippen LogP contribution in [0.2, 0.25) is 0 Å². The highest BCUT2D eigenvalue weighted by molar-refractivity contribution is 5.90. The number of hydrogen-bond acceptors (Lipinski definition) is 4. The van der Waals surface area contributed by atoms with Crippen molar-refractivity contribution < 1.29 is 19.1 Å². The van der Waals surface area contributed by atoms with Crippen LogP contribution in [-0.4, -0.2) is 17.5 Å². The summed E-state index contributed by atoms with van der Waals surface area (Å²) in [5.74, 6) is -0.228. The maximum atomic E-state index is 12.0. The number of ether oxygens (including phenoxy) is 2. The van der Waals surface area contributed by atoms with Gasteiger partial charge >= 0.3 is 11.9 Å². The minimum Gasteiger partial charge on any atom is -0.456 e. The van der Waals surface area contributed by atoms with Crippen molar-refractivity contribution in [2.24, 2.45) is 5.41 Å². The van der Waals surface area contributed by atoms with Crippen molar-refractivity contribution in [1.29, 1.82) is 0 Å². The van der Waals surface area contributed by atoms with Crippen molar-refractivity contribution in [3.8, 4) is 5.75 Å². The fraction of sp³-hybridized carbons (Fsp3) is 0.556. The van der Waals surface area contributed by atoms with Crippen LogP contribution in [-0.2, 0) is 9.53 Å². The average Bonchev–Trinajstić information content (AvgIpc) is 2.47. The molecule has 1 aromatic rings. The zero-order valence-corrected chi connectivity index (χ0v) is 14.4. The first kappa shape index (κ1) is 18.2. The van der Waals surface area contributed by atoms with Gasteiger partial charge in [-0.1, -0.05) is 13.8 Å². The van der Waals surface area contributed by atoms with Gasteiger partial charge in [0.2, 0.25) is 0 Å². The molecule has 0 saturated heterocycles. The van der Waals surface area contributed by atoms with Crippen molar-refractivity contribution in [3.05, 3.63) is 29.8 Å². The Kier molecular flexibility index (Phi) is 5.75. The van der Waals surface area contributed by atoms with Gasteiger partial charge in [-0.3, -0.25) is 4.79 Å². The molecule has 0 saturated carbocycles. The van der Waals surface area contributed by atoms with Crippen LogP contribution in [0.15, 0.2) is 24.3 Å². The lowest BCUT2D eigenvalue weighted by atomic mass is 9.91. The maximum Gasteiger partial charge on any atom is 0.338 e. The van der Waals surface area contributed by atoms with Crippen molar-refractivity contribution in [3.63, 3.8) is 0 Å². The quantitative estimate of drug-likeness (QED) is 0.578. The molecule has 4 heteroatoms. The smallest absolute Gasteiger partial charge is 0.338 e. The molecule has 0 heterocycles. The van der Waals surface area contributed by atoms with Crippen LogP contribution < -0.4 is 4.74 Å². The normalized spacial score (nSPS) is 11.9. The van der Waals surface area contributed by atoms with E-state index in [1.165, 1.54) is 0 Å². The van der Waals surface area contributed by atoms with Gasteiger partial charge in [0.05, 0.1) is 11.0 Å². The highest BCUT2D eigenvalue weighted by Crippen LogP contribution is 2.24. The third-order valence-electron chi connectivity index (χ3n) is 3.96. The van der Waals surface area contributed by atoms with Gasteiger partial charge in [0, 0.05) is 0 Å². The molecule has 0 fully saturated rings. The van der Waals surface area contributed by atoms with Gasteiger partial charge in [0.25, 0.3) is 0 Å². The summed E-state index contributed by atoms with van der Waals surface area (Å²) in [7, 11) is 0. The van der Waals surface area contributed by atoms with Gasteiger partial charge < -0.3 is 9.47 Å². The molecule has 0 aliphatic heterocycles. The molecule has 1 rings (SSSR count). The van der Waals surface area contributed by atoms with Gasteiger partial charge in [-0.15, -0.1) is 0 Å². The molecule has 0 aliphatic carbocycles. The number of hydrogen-bond donors (Lipinski definition) is 0. The van der Waals surface area contributed by atoms with Crippen LogP contribution in [0.1, 0.15) is 64.7 Å². The molecular weight excluding hydrogens is 280 g/mol. The lowest BCUT2D eigenvalue weighted by molar-refractivity contribution is -0.144. The minimum absolute atomic E-state index is 0.280. The SMILES string of the molecule is CCC(C)(C)OC(=O)c1ccc(OC(=O)C(C)(C)CC)cc1. The summed E-state index contributed by atoms with van der Waals surface area (Å²) in [6.07, 6.45) is 1.43. The Labute approximate surface area is 132 Å². The molecule has 0 atom stereocenters. The van der Waals surface area contributed by atoms with Crippen LogP contribution in [0.25, 0.3) is 0 Å². The number of rotatable bonds is 6. The summed E-state index contributed by atoms with van der Waals surface area (Å²) >= 11 is 0. The molecule has 0 unspecified atom stereocenters. The van der Waals surface area contributed by atoms with E-state index in [0.29, 0.717) is 17.7 Å². The van der Waals surface area contributed by atoms with Gasteiger partial charge in [0.1, 0.15) is 11.4 Å².